The second-order valence-corrected chi connectivity index (χ2v) is 10.4. The lowest BCUT2D eigenvalue weighted by Gasteiger charge is -2.17. The van der Waals surface area contributed by atoms with E-state index in [0.717, 1.165) is 11.1 Å². The number of benzene rings is 3. The molecule has 0 spiro atoms. The molecule has 0 aromatic heterocycles. The molecular formula is C18H18BrN3O4S2. The van der Waals surface area contributed by atoms with Crippen molar-refractivity contribution in [3.63, 3.8) is 0 Å². The van der Waals surface area contributed by atoms with Gasteiger partial charge in [-0.1, -0.05) is 24.3 Å². The Labute approximate surface area is 172 Å². The summed E-state index contributed by atoms with van der Waals surface area (Å²) in [4.78, 5) is 1.91. The van der Waals surface area contributed by atoms with Gasteiger partial charge in [0.15, 0.2) is 0 Å². The van der Waals surface area contributed by atoms with E-state index < -0.39 is 20.0 Å². The Balaban J connectivity index is 2.09. The van der Waals surface area contributed by atoms with Gasteiger partial charge in [-0.05, 0) is 46.3 Å². The minimum Gasteiger partial charge on any atom is -0.377 e. The third kappa shape index (κ3) is 4.00. The van der Waals surface area contributed by atoms with Gasteiger partial charge < -0.3 is 4.90 Å². The fraction of sp³-hybridized carbons (Fsp3) is 0.111. The summed E-state index contributed by atoms with van der Waals surface area (Å²) in [5, 5.41) is 6.49. The maximum Gasteiger partial charge on any atom is 0.262 e. The third-order valence-electron chi connectivity index (χ3n) is 4.14. The number of halogens is 1. The summed E-state index contributed by atoms with van der Waals surface area (Å²) in [5.74, 6) is 0. The van der Waals surface area contributed by atoms with Crippen LogP contribution < -0.4 is 14.8 Å². The van der Waals surface area contributed by atoms with Crippen LogP contribution in [-0.2, 0) is 20.0 Å². The lowest BCUT2D eigenvalue weighted by molar-refractivity contribution is 0.597. The second-order valence-electron chi connectivity index (χ2n) is 6.31. The molecule has 3 aromatic carbocycles. The molecule has 7 nitrogen and oxygen atoms in total. The molecule has 148 valence electrons. The van der Waals surface area contributed by atoms with Gasteiger partial charge >= 0.3 is 0 Å². The summed E-state index contributed by atoms with van der Waals surface area (Å²) in [5.41, 5.74) is 1.10. The van der Waals surface area contributed by atoms with Crippen molar-refractivity contribution in [1.82, 2.24) is 0 Å². The third-order valence-corrected chi connectivity index (χ3v) is 7.13. The lowest BCUT2D eigenvalue weighted by atomic mass is 10.1. The highest BCUT2D eigenvalue weighted by Gasteiger charge is 2.20. The zero-order valence-corrected chi connectivity index (χ0v) is 18.3. The number of anilines is 2. The fourth-order valence-electron chi connectivity index (χ4n) is 2.84. The van der Waals surface area contributed by atoms with Gasteiger partial charge in [0.2, 0.25) is 10.0 Å². The zero-order chi connectivity index (χ0) is 20.7. The smallest absolute Gasteiger partial charge is 0.262 e. The molecule has 0 amide bonds. The number of nitrogens with zero attached hydrogens (tertiary/aromatic N) is 1. The van der Waals surface area contributed by atoms with Gasteiger partial charge in [-0.25, -0.2) is 22.0 Å². The number of nitrogens with two attached hydrogens (primary N) is 1. The SMILES string of the molecule is CN(C)c1cccc2c(S(=O)(=O)Nc3ccc(S(N)(=O)=O)cc3Br)cccc12. The summed E-state index contributed by atoms with van der Waals surface area (Å²) in [7, 11) is -4.05. The first-order chi connectivity index (χ1) is 13.0. The first-order valence-electron chi connectivity index (χ1n) is 8.05. The number of hydrogen-bond acceptors (Lipinski definition) is 5. The Morgan fingerprint density at radius 1 is 0.929 bits per heavy atom. The molecule has 0 heterocycles. The van der Waals surface area contributed by atoms with Crippen molar-refractivity contribution in [1.29, 1.82) is 0 Å². The average Bonchev–Trinajstić information content (AvgIpc) is 2.61. The van der Waals surface area contributed by atoms with Crippen molar-refractivity contribution in [2.75, 3.05) is 23.7 Å². The van der Waals surface area contributed by atoms with E-state index in [9.17, 15) is 16.8 Å². The summed E-state index contributed by atoms with van der Waals surface area (Å²) in [6.07, 6.45) is 0. The van der Waals surface area contributed by atoms with Gasteiger partial charge in [0, 0.05) is 35.0 Å². The van der Waals surface area contributed by atoms with Gasteiger partial charge in [-0.2, -0.15) is 0 Å². The van der Waals surface area contributed by atoms with E-state index >= 15 is 0 Å². The predicted octanol–water partition coefficient (Wildman–Crippen LogP) is 3.12. The quantitative estimate of drug-likeness (QED) is 0.579. The molecule has 0 radical (unpaired) electrons. The molecule has 0 aliphatic rings. The number of sulfonamides is 2. The minimum absolute atomic E-state index is 0.121. The maximum atomic E-state index is 13.0. The van der Waals surface area contributed by atoms with Crippen molar-refractivity contribution in [3.05, 3.63) is 59.1 Å². The highest BCUT2D eigenvalue weighted by Crippen LogP contribution is 2.32. The summed E-state index contributed by atoms with van der Waals surface area (Å²) < 4.78 is 51.7. The van der Waals surface area contributed by atoms with E-state index in [2.05, 4.69) is 20.7 Å². The largest absolute Gasteiger partial charge is 0.377 e. The van der Waals surface area contributed by atoms with Crippen LogP contribution in [0.15, 0.2) is 68.9 Å². The first-order valence-corrected chi connectivity index (χ1v) is 11.9. The molecule has 3 N–H and O–H groups in total. The van der Waals surface area contributed by atoms with E-state index in [4.69, 9.17) is 5.14 Å². The van der Waals surface area contributed by atoms with Crippen LogP contribution in [0.5, 0.6) is 0 Å². The molecule has 0 atom stereocenters. The normalized spacial score (nSPS) is 12.1. The topological polar surface area (TPSA) is 110 Å². The van der Waals surface area contributed by atoms with Gasteiger partial charge in [-0.3, -0.25) is 4.72 Å². The molecular weight excluding hydrogens is 466 g/mol. The summed E-state index contributed by atoms with van der Waals surface area (Å²) in [6.45, 7) is 0. The molecule has 0 unspecified atom stereocenters. The Kier molecular flexibility index (Phi) is 5.41. The Bertz CT molecular complexity index is 1270. The van der Waals surface area contributed by atoms with E-state index in [1.165, 1.54) is 24.3 Å². The Morgan fingerprint density at radius 3 is 2.18 bits per heavy atom. The standard InChI is InChI=1S/C18H18BrN3O4S2/c1-22(2)17-7-3-6-14-13(17)5-4-8-18(14)28(25,26)21-16-10-9-12(11-15(16)19)27(20,23)24/h3-11,21H,1-2H3,(H2,20,23,24). The fourth-order valence-corrected chi connectivity index (χ4v) is 5.45. The number of rotatable bonds is 5. The molecule has 0 fully saturated rings. The van der Waals surface area contributed by atoms with E-state index in [1.54, 1.807) is 18.2 Å². The van der Waals surface area contributed by atoms with Crippen LogP contribution in [0.4, 0.5) is 11.4 Å². The number of primary sulfonamides is 1. The van der Waals surface area contributed by atoms with Crippen molar-refractivity contribution >= 4 is 58.1 Å². The molecule has 0 saturated carbocycles. The number of hydrogen-bond donors (Lipinski definition) is 2. The maximum absolute atomic E-state index is 13.0. The zero-order valence-electron chi connectivity index (χ0n) is 15.0. The molecule has 28 heavy (non-hydrogen) atoms. The van der Waals surface area contributed by atoms with Crippen LogP contribution in [0, 0.1) is 0 Å². The molecule has 0 bridgehead atoms. The van der Waals surface area contributed by atoms with Crippen molar-refractivity contribution in [3.8, 4) is 0 Å². The lowest BCUT2D eigenvalue weighted by Crippen LogP contribution is -2.15. The first kappa shape index (κ1) is 20.6. The van der Waals surface area contributed by atoms with Crippen LogP contribution in [0.25, 0.3) is 10.8 Å². The van der Waals surface area contributed by atoms with Gasteiger partial charge in [0.05, 0.1) is 15.5 Å². The Morgan fingerprint density at radius 2 is 1.57 bits per heavy atom. The number of nitrogens with one attached hydrogen (secondary N) is 1. The molecule has 0 aliphatic carbocycles. The molecule has 10 heteroatoms. The van der Waals surface area contributed by atoms with E-state index in [1.807, 2.05) is 31.1 Å². The van der Waals surface area contributed by atoms with Gasteiger partial charge in [0.25, 0.3) is 10.0 Å². The molecule has 3 rings (SSSR count). The molecule has 0 saturated heterocycles. The summed E-state index contributed by atoms with van der Waals surface area (Å²) >= 11 is 3.19. The Hall–Kier alpha value is -2.14. The second kappa shape index (κ2) is 7.36. The van der Waals surface area contributed by atoms with E-state index in [-0.39, 0.29) is 20.0 Å². The number of fused-ring (bicyclic) bond motifs is 1. The predicted molar refractivity (Wildman–Crippen MR) is 115 cm³/mol. The van der Waals surface area contributed by atoms with E-state index in [0.29, 0.717) is 5.39 Å². The monoisotopic (exact) mass is 483 g/mol. The van der Waals surface area contributed by atoms with Gasteiger partial charge in [0.1, 0.15) is 0 Å². The molecule has 3 aromatic rings. The van der Waals surface area contributed by atoms with Crippen LogP contribution in [-0.4, -0.2) is 30.9 Å². The van der Waals surface area contributed by atoms with Crippen molar-refractivity contribution in [2.45, 2.75) is 9.79 Å². The minimum atomic E-state index is -3.93. The van der Waals surface area contributed by atoms with Crippen molar-refractivity contribution < 1.29 is 16.8 Å². The van der Waals surface area contributed by atoms with Crippen LogP contribution in [0.1, 0.15) is 0 Å². The van der Waals surface area contributed by atoms with Crippen LogP contribution >= 0.6 is 15.9 Å². The van der Waals surface area contributed by atoms with Gasteiger partial charge in [-0.15, -0.1) is 0 Å². The molecule has 0 aliphatic heterocycles. The van der Waals surface area contributed by atoms with Crippen molar-refractivity contribution in [2.24, 2.45) is 5.14 Å². The average molecular weight is 484 g/mol. The highest BCUT2D eigenvalue weighted by atomic mass is 79.9. The van der Waals surface area contributed by atoms with Crippen LogP contribution in [0.3, 0.4) is 0 Å². The van der Waals surface area contributed by atoms with Crippen LogP contribution in [0.2, 0.25) is 0 Å². The summed E-state index contributed by atoms with van der Waals surface area (Å²) in [6, 6.07) is 14.4. The highest BCUT2D eigenvalue weighted by molar-refractivity contribution is 9.10.